The fourth-order valence-electron chi connectivity index (χ4n) is 1.53. The molecule has 0 aliphatic carbocycles. The smallest absolute Gasteiger partial charge is 0.0538 e. The van der Waals surface area contributed by atoms with Gasteiger partial charge in [-0.2, -0.15) is 5.10 Å². The van der Waals surface area contributed by atoms with Crippen molar-refractivity contribution in [1.82, 2.24) is 0 Å². The monoisotopic (exact) mass is 230 g/mol. The summed E-state index contributed by atoms with van der Waals surface area (Å²) in [7, 11) is 0. The molecule has 3 heteroatoms. The van der Waals surface area contributed by atoms with E-state index in [-0.39, 0.29) is 0 Å². The highest BCUT2D eigenvalue weighted by Gasteiger charge is 2.01. The molecule has 0 saturated heterocycles. The van der Waals surface area contributed by atoms with Crippen molar-refractivity contribution < 1.29 is 0 Å². The van der Waals surface area contributed by atoms with Crippen LogP contribution in [0.1, 0.15) is 5.56 Å². The van der Waals surface area contributed by atoms with Crippen LogP contribution in [0.3, 0.4) is 0 Å². The Labute approximate surface area is 99.4 Å². The second-order valence-corrected chi connectivity index (χ2v) is 3.79. The highest BCUT2D eigenvalue weighted by Crippen LogP contribution is 2.27. The van der Waals surface area contributed by atoms with Crippen molar-refractivity contribution in [2.24, 2.45) is 10.9 Å². The second-order valence-electron chi connectivity index (χ2n) is 3.38. The van der Waals surface area contributed by atoms with E-state index in [1.54, 1.807) is 6.21 Å². The zero-order valence-electron chi connectivity index (χ0n) is 8.60. The lowest BCUT2D eigenvalue weighted by Crippen LogP contribution is -1.86. The molecule has 0 bridgehead atoms. The molecule has 0 aliphatic heterocycles. The van der Waals surface area contributed by atoms with Gasteiger partial charge in [0.2, 0.25) is 0 Å². The van der Waals surface area contributed by atoms with Gasteiger partial charge >= 0.3 is 0 Å². The first kappa shape index (κ1) is 10.7. The molecule has 0 atom stereocenters. The van der Waals surface area contributed by atoms with Crippen LogP contribution in [0.4, 0.5) is 0 Å². The summed E-state index contributed by atoms with van der Waals surface area (Å²) in [4.78, 5) is 0. The van der Waals surface area contributed by atoms with E-state index in [1.165, 1.54) is 0 Å². The van der Waals surface area contributed by atoms with E-state index in [0.29, 0.717) is 0 Å². The Hall–Kier alpha value is -1.80. The van der Waals surface area contributed by atoms with E-state index in [9.17, 15) is 0 Å². The van der Waals surface area contributed by atoms with Crippen LogP contribution < -0.4 is 5.84 Å². The highest BCUT2D eigenvalue weighted by atomic mass is 35.5. The van der Waals surface area contributed by atoms with Gasteiger partial charge in [-0.3, -0.25) is 0 Å². The molecule has 80 valence electrons. The van der Waals surface area contributed by atoms with Gasteiger partial charge in [-0.1, -0.05) is 54.1 Å². The number of nitrogens with zero attached hydrogens (tertiary/aromatic N) is 1. The van der Waals surface area contributed by atoms with Crippen LogP contribution in [0.5, 0.6) is 0 Å². The first-order chi connectivity index (χ1) is 7.81. The van der Waals surface area contributed by atoms with Gasteiger partial charge in [0.25, 0.3) is 0 Å². The predicted octanol–water partition coefficient (Wildman–Crippen LogP) is 3.30. The number of benzene rings is 2. The lowest BCUT2D eigenvalue weighted by Gasteiger charge is -2.04. The zero-order chi connectivity index (χ0) is 11.4. The van der Waals surface area contributed by atoms with E-state index in [2.05, 4.69) is 5.10 Å². The van der Waals surface area contributed by atoms with E-state index in [0.717, 1.165) is 21.7 Å². The Morgan fingerprint density at radius 3 is 2.31 bits per heavy atom. The van der Waals surface area contributed by atoms with Crippen molar-refractivity contribution in [3.05, 3.63) is 59.1 Å². The highest BCUT2D eigenvalue weighted by molar-refractivity contribution is 6.33. The quantitative estimate of drug-likeness (QED) is 0.480. The average Bonchev–Trinajstić information content (AvgIpc) is 2.31. The minimum absolute atomic E-state index is 0.753. The summed E-state index contributed by atoms with van der Waals surface area (Å²) >= 11 is 6.11. The van der Waals surface area contributed by atoms with Crippen LogP contribution in [-0.2, 0) is 0 Å². The molecule has 0 heterocycles. The molecular formula is C13H11ClN2. The Morgan fingerprint density at radius 2 is 1.69 bits per heavy atom. The van der Waals surface area contributed by atoms with Gasteiger partial charge in [0.1, 0.15) is 0 Å². The summed E-state index contributed by atoms with van der Waals surface area (Å²) in [6.45, 7) is 0. The summed E-state index contributed by atoms with van der Waals surface area (Å²) in [5.41, 5.74) is 3.08. The molecule has 2 rings (SSSR count). The Balaban J connectivity index is 2.39. The van der Waals surface area contributed by atoms with E-state index < -0.39 is 0 Å². The molecule has 2 nitrogen and oxygen atoms in total. The van der Waals surface area contributed by atoms with Crippen molar-refractivity contribution in [3.8, 4) is 11.1 Å². The molecule has 0 spiro atoms. The van der Waals surface area contributed by atoms with Gasteiger partial charge < -0.3 is 5.84 Å². The number of rotatable bonds is 2. The second kappa shape index (κ2) is 4.81. The molecule has 0 aliphatic rings. The van der Waals surface area contributed by atoms with Crippen LogP contribution in [0.15, 0.2) is 53.6 Å². The van der Waals surface area contributed by atoms with E-state index in [4.69, 9.17) is 17.4 Å². The minimum atomic E-state index is 0.753. The maximum Gasteiger partial charge on any atom is 0.0538 e. The number of halogens is 1. The maximum atomic E-state index is 6.11. The minimum Gasteiger partial charge on any atom is -0.323 e. The van der Waals surface area contributed by atoms with Gasteiger partial charge in [-0.15, -0.1) is 0 Å². The van der Waals surface area contributed by atoms with Crippen molar-refractivity contribution >= 4 is 17.8 Å². The van der Waals surface area contributed by atoms with Crippen LogP contribution in [0.2, 0.25) is 5.02 Å². The Kier molecular flexibility index (Phi) is 3.22. The largest absolute Gasteiger partial charge is 0.323 e. The molecule has 0 amide bonds. The molecule has 0 unspecified atom stereocenters. The molecule has 0 aromatic heterocycles. The van der Waals surface area contributed by atoms with Crippen LogP contribution in [-0.4, -0.2) is 6.21 Å². The Bertz CT molecular complexity index is 504. The lowest BCUT2D eigenvalue weighted by atomic mass is 10.0. The molecule has 2 N–H and O–H groups in total. The molecular weight excluding hydrogens is 220 g/mol. The SMILES string of the molecule is NN=Cc1ccc(-c2ccccc2Cl)cc1. The first-order valence-corrected chi connectivity index (χ1v) is 5.27. The molecule has 2 aromatic carbocycles. The number of hydrogen-bond donors (Lipinski definition) is 1. The van der Waals surface area contributed by atoms with Gasteiger partial charge in [0.05, 0.1) is 6.21 Å². The summed E-state index contributed by atoms with van der Waals surface area (Å²) < 4.78 is 0. The number of nitrogens with two attached hydrogens (primary N) is 1. The predicted molar refractivity (Wildman–Crippen MR) is 68.7 cm³/mol. The van der Waals surface area contributed by atoms with Crippen LogP contribution >= 0.6 is 11.6 Å². The summed E-state index contributed by atoms with van der Waals surface area (Å²) in [5.74, 6) is 5.08. The lowest BCUT2D eigenvalue weighted by molar-refractivity contribution is 1.26. The molecule has 16 heavy (non-hydrogen) atoms. The van der Waals surface area contributed by atoms with Crippen molar-refractivity contribution in [2.75, 3.05) is 0 Å². The summed E-state index contributed by atoms with van der Waals surface area (Å²) in [6.07, 6.45) is 1.61. The van der Waals surface area contributed by atoms with Crippen molar-refractivity contribution in [3.63, 3.8) is 0 Å². The zero-order valence-corrected chi connectivity index (χ0v) is 9.35. The van der Waals surface area contributed by atoms with Gasteiger partial charge in [-0.05, 0) is 17.2 Å². The normalized spacial score (nSPS) is 10.8. The molecule has 0 fully saturated rings. The van der Waals surface area contributed by atoms with Crippen molar-refractivity contribution in [2.45, 2.75) is 0 Å². The van der Waals surface area contributed by atoms with E-state index in [1.807, 2.05) is 48.5 Å². The third-order valence-corrected chi connectivity index (χ3v) is 2.65. The summed E-state index contributed by atoms with van der Waals surface area (Å²) in [5, 5.41) is 4.23. The third kappa shape index (κ3) is 2.23. The fourth-order valence-corrected chi connectivity index (χ4v) is 1.77. The molecule has 0 radical (unpaired) electrons. The number of hydrazone groups is 1. The van der Waals surface area contributed by atoms with Crippen LogP contribution in [0, 0.1) is 0 Å². The van der Waals surface area contributed by atoms with Gasteiger partial charge in [0, 0.05) is 10.6 Å². The van der Waals surface area contributed by atoms with Crippen LogP contribution in [0.25, 0.3) is 11.1 Å². The topological polar surface area (TPSA) is 38.4 Å². The first-order valence-electron chi connectivity index (χ1n) is 4.89. The molecule has 0 saturated carbocycles. The summed E-state index contributed by atoms with van der Waals surface area (Å²) in [6, 6.07) is 15.7. The maximum absolute atomic E-state index is 6.11. The van der Waals surface area contributed by atoms with Gasteiger partial charge in [-0.25, -0.2) is 0 Å². The number of hydrogen-bond acceptors (Lipinski definition) is 2. The van der Waals surface area contributed by atoms with Gasteiger partial charge in [0.15, 0.2) is 0 Å². The molecule has 2 aromatic rings. The third-order valence-electron chi connectivity index (χ3n) is 2.32. The van der Waals surface area contributed by atoms with E-state index >= 15 is 0 Å². The fraction of sp³-hybridized carbons (Fsp3) is 0. The standard InChI is InChI=1S/C13H11ClN2/c14-13-4-2-1-3-12(13)11-7-5-10(6-8-11)9-16-15/h1-9H,15H2. The van der Waals surface area contributed by atoms with Crippen molar-refractivity contribution in [1.29, 1.82) is 0 Å². The average molecular weight is 231 g/mol. The Morgan fingerprint density at radius 1 is 1.00 bits per heavy atom.